The van der Waals surface area contributed by atoms with Gasteiger partial charge in [0.2, 0.25) is 0 Å². The van der Waals surface area contributed by atoms with E-state index in [4.69, 9.17) is 4.74 Å². The van der Waals surface area contributed by atoms with E-state index in [0.29, 0.717) is 0 Å². The molecule has 0 radical (unpaired) electrons. The quantitative estimate of drug-likeness (QED) is 0.774. The van der Waals surface area contributed by atoms with Crippen LogP contribution in [0.2, 0.25) is 0 Å². The van der Waals surface area contributed by atoms with Crippen molar-refractivity contribution in [1.82, 2.24) is 5.32 Å². The van der Waals surface area contributed by atoms with E-state index in [1.165, 1.54) is 11.1 Å². The van der Waals surface area contributed by atoms with Gasteiger partial charge in [-0.15, -0.1) is 0 Å². The highest BCUT2D eigenvalue weighted by molar-refractivity contribution is 5.24. The third-order valence-corrected chi connectivity index (χ3v) is 2.52. The number of likely N-dealkylation sites (N-methyl/N-ethyl adjacent to an activating group) is 1. The summed E-state index contributed by atoms with van der Waals surface area (Å²) in [6.07, 6.45) is 1.26. The topological polar surface area (TPSA) is 21.3 Å². The van der Waals surface area contributed by atoms with E-state index in [2.05, 4.69) is 36.5 Å². The Bertz CT molecular complexity index is 262. The number of hydrogen-bond acceptors (Lipinski definition) is 2. The van der Waals surface area contributed by atoms with Crippen LogP contribution in [0.4, 0.5) is 0 Å². The molecular formula is C13H21NO. The minimum Gasteiger partial charge on any atom is -0.372 e. The normalized spacial score (nSPS) is 12.7. The Labute approximate surface area is 92.6 Å². The largest absolute Gasteiger partial charge is 0.372 e. The average molecular weight is 207 g/mol. The van der Waals surface area contributed by atoms with Crippen molar-refractivity contribution >= 4 is 0 Å². The first-order valence-corrected chi connectivity index (χ1v) is 5.66. The van der Waals surface area contributed by atoms with E-state index in [-0.39, 0.29) is 6.10 Å². The lowest BCUT2D eigenvalue weighted by Gasteiger charge is -2.17. The fourth-order valence-electron chi connectivity index (χ4n) is 1.63. The number of nitrogens with one attached hydrogen (secondary N) is 1. The fraction of sp³-hybridized carbons (Fsp3) is 0.538. The van der Waals surface area contributed by atoms with E-state index < -0.39 is 0 Å². The van der Waals surface area contributed by atoms with Crippen LogP contribution < -0.4 is 5.32 Å². The highest BCUT2D eigenvalue weighted by atomic mass is 16.5. The molecule has 1 rings (SSSR count). The maximum atomic E-state index is 5.68. The predicted molar refractivity (Wildman–Crippen MR) is 64.1 cm³/mol. The monoisotopic (exact) mass is 207 g/mol. The Kier molecular flexibility index (Phi) is 5.37. The summed E-state index contributed by atoms with van der Waals surface area (Å²) >= 11 is 0. The third kappa shape index (κ3) is 3.65. The minimum absolute atomic E-state index is 0.172. The van der Waals surface area contributed by atoms with Gasteiger partial charge in [-0.2, -0.15) is 0 Å². The zero-order valence-corrected chi connectivity index (χ0v) is 9.92. The maximum Gasteiger partial charge on any atom is 0.0948 e. The van der Waals surface area contributed by atoms with Crippen molar-refractivity contribution in [3.05, 3.63) is 35.4 Å². The second-order valence-corrected chi connectivity index (χ2v) is 3.60. The molecular weight excluding hydrogens is 186 g/mol. The Morgan fingerprint density at radius 3 is 2.33 bits per heavy atom. The van der Waals surface area contributed by atoms with Gasteiger partial charge in [-0.25, -0.2) is 0 Å². The van der Waals surface area contributed by atoms with Crippen LogP contribution in [0.25, 0.3) is 0 Å². The van der Waals surface area contributed by atoms with Gasteiger partial charge >= 0.3 is 0 Å². The first-order valence-electron chi connectivity index (χ1n) is 5.66. The van der Waals surface area contributed by atoms with Crippen molar-refractivity contribution in [2.45, 2.75) is 26.4 Å². The van der Waals surface area contributed by atoms with E-state index in [9.17, 15) is 0 Å². The van der Waals surface area contributed by atoms with Gasteiger partial charge in [0.25, 0.3) is 0 Å². The molecule has 0 unspecified atom stereocenters. The number of hydrogen-bond donors (Lipinski definition) is 1. The highest BCUT2D eigenvalue weighted by Gasteiger charge is 2.09. The van der Waals surface area contributed by atoms with Gasteiger partial charge in [0.15, 0.2) is 0 Å². The summed E-state index contributed by atoms with van der Waals surface area (Å²) in [5.41, 5.74) is 2.63. The molecule has 1 N–H and O–H groups in total. The van der Waals surface area contributed by atoms with E-state index in [0.717, 1.165) is 19.6 Å². The molecule has 0 aromatic heterocycles. The third-order valence-electron chi connectivity index (χ3n) is 2.52. The first kappa shape index (κ1) is 12.2. The van der Waals surface area contributed by atoms with Crippen LogP contribution in [-0.4, -0.2) is 20.2 Å². The Morgan fingerprint density at radius 2 is 1.87 bits per heavy atom. The summed E-state index contributed by atoms with van der Waals surface area (Å²) < 4.78 is 5.68. The average Bonchev–Trinajstić information content (AvgIpc) is 2.29. The molecule has 0 heterocycles. The number of benzene rings is 1. The molecule has 0 aliphatic heterocycles. The number of ether oxygens (including phenoxy) is 1. The fourth-order valence-corrected chi connectivity index (χ4v) is 1.63. The van der Waals surface area contributed by atoms with Crippen molar-refractivity contribution in [2.75, 3.05) is 20.2 Å². The molecule has 0 aliphatic carbocycles. The molecule has 0 bridgehead atoms. The summed E-state index contributed by atoms with van der Waals surface area (Å²) in [6.45, 7) is 5.81. The molecule has 1 aromatic rings. The summed E-state index contributed by atoms with van der Waals surface area (Å²) in [4.78, 5) is 0. The van der Waals surface area contributed by atoms with Gasteiger partial charge in [0.05, 0.1) is 6.10 Å². The van der Waals surface area contributed by atoms with Gasteiger partial charge in [0.1, 0.15) is 0 Å². The zero-order chi connectivity index (χ0) is 11.1. The second kappa shape index (κ2) is 6.59. The lowest BCUT2D eigenvalue weighted by molar-refractivity contribution is 0.0638. The van der Waals surface area contributed by atoms with Crippen LogP contribution in [0, 0.1) is 0 Å². The zero-order valence-electron chi connectivity index (χ0n) is 9.92. The first-order chi connectivity index (χ1) is 7.31. The summed E-state index contributed by atoms with van der Waals surface area (Å²) in [7, 11) is 1.95. The maximum absolute atomic E-state index is 5.68. The van der Waals surface area contributed by atoms with Crippen LogP contribution in [0.3, 0.4) is 0 Å². The van der Waals surface area contributed by atoms with E-state index in [1.54, 1.807) is 0 Å². The van der Waals surface area contributed by atoms with Gasteiger partial charge in [-0.1, -0.05) is 31.2 Å². The highest BCUT2D eigenvalue weighted by Crippen LogP contribution is 2.17. The van der Waals surface area contributed by atoms with E-state index >= 15 is 0 Å². The smallest absolute Gasteiger partial charge is 0.0948 e. The molecule has 0 fully saturated rings. The Morgan fingerprint density at radius 1 is 1.20 bits per heavy atom. The molecule has 84 valence electrons. The molecule has 0 saturated carbocycles. The Balaban J connectivity index is 2.72. The van der Waals surface area contributed by atoms with Crippen molar-refractivity contribution in [3.63, 3.8) is 0 Å². The predicted octanol–water partition coefficient (Wildman–Crippen LogP) is 2.55. The molecule has 2 nitrogen and oxygen atoms in total. The second-order valence-electron chi connectivity index (χ2n) is 3.60. The van der Waals surface area contributed by atoms with Crippen molar-refractivity contribution in [1.29, 1.82) is 0 Å². The van der Waals surface area contributed by atoms with Gasteiger partial charge in [0, 0.05) is 13.2 Å². The number of aryl methyl sites for hydroxylation is 1. The van der Waals surface area contributed by atoms with Crippen LogP contribution in [0.5, 0.6) is 0 Å². The molecule has 0 aliphatic rings. The number of rotatable bonds is 6. The molecule has 2 heteroatoms. The van der Waals surface area contributed by atoms with Crippen molar-refractivity contribution < 1.29 is 4.74 Å². The van der Waals surface area contributed by atoms with Gasteiger partial charge in [-0.05, 0) is 31.5 Å². The van der Waals surface area contributed by atoms with Crippen LogP contribution in [0.1, 0.15) is 31.1 Å². The summed E-state index contributed by atoms with van der Waals surface area (Å²) in [5.74, 6) is 0. The summed E-state index contributed by atoms with van der Waals surface area (Å²) in [5, 5.41) is 3.15. The van der Waals surface area contributed by atoms with Crippen molar-refractivity contribution in [3.8, 4) is 0 Å². The van der Waals surface area contributed by atoms with E-state index in [1.807, 2.05) is 14.0 Å². The lowest BCUT2D eigenvalue weighted by atomic mass is 10.1. The lowest BCUT2D eigenvalue weighted by Crippen LogP contribution is -2.19. The van der Waals surface area contributed by atoms with Gasteiger partial charge < -0.3 is 10.1 Å². The molecule has 0 amide bonds. The van der Waals surface area contributed by atoms with Gasteiger partial charge in [-0.3, -0.25) is 0 Å². The molecule has 1 aromatic carbocycles. The summed E-state index contributed by atoms with van der Waals surface area (Å²) in [6, 6.07) is 8.68. The Hall–Kier alpha value is -0.860. The van der Waals surface area contributed by atoms with Crippen molar-refractivity contribution in [2.24, 2.45) is 0 Å². The van der Waals surface area contributed by atoms with Crippen LogP contribution >= 0.6 is 0 Å². The standard InChI is InChI=1S/C13H21NO/c1-4-11-6-8-12(9-7-11)13(10-14-3)15-5-2/h6-9,13-14H,4-5,10H2,1-3H3/t13-/m0/s1. The molecule has 0 saturated heterocycles. The SMILES string of the molecule is CCO[C@@H](CNC)c1ccc(CC)cc1. The molecule has 0 spiro atoms. The van der Waals surface area contributed by atoms with Crippen LogP contribution in [0.15, 0.2) is 24.3 Å². The molecule has 1 atom stereocenters. The van der Waals surface area contributed by atoms with Crippen LogP contribution in [-0.2, 0) is 11.2 Å². The minimum atomic E-state index is 0.172. The molecule has 15 heavy (non-hydrogen) atoms.